The van der Waals surface area contributed by atoms with Crippen molar-refractivity contribution in [1.29, 1.82) is 5.41 Å². The standard InChI is InChI=1S/C17H17N3O5S/c1-9(24-14-8-26-7-12(14)16(21)22)13-6-20(17(23)25-13)11-4-2-10(3-5-11)15(18)19/h2-5,7-9,13H,6H2,1H3,(H3,18,19)(H,21,22). The molecule has 1 aliphatic rings. The number of amidine groups is 1. The molecule has 0 radical (unpaired) electrons. The number of nitrogens with one attached hydrogen (secondary N) is 1. The van der Waals surface area contributed by atoms with E-state index in [1.54, 1.807) is 36.6 Å². The molecule has 2 heterocycles. The first-order chi connectivity index (χ1) is 12.4. The van der Waals surface area contributed by atoms with Crippen molar-refractivity contribution in [1.82, 2.24) is 0 Å². The number of carboxylic acids is 1. The first kappa shape index (κ1) is 17.7. The summed E-state index contributed by atoms with van der Waals surface area (Å²) in [7, 11) is 0. The number of cyclic esters (lactones) is 1. The molecule has 2 aromatic rings. The van der Waals surface area contributed by atoms with E-state index >= 15 is 0 Å². The topological polar surface area (TPSA) is 126 Å². The van der Waals surface area contributed by atoms with E-state index < -0.39 is 24.3 Å². The van der Waals surface area contributed by atoms with Crippen molar-refractivity contribution in [2.45, 2.75) is 19.1 Å². The van der Waals surface area contributed by atoms with Crippen LogP contribution in [-0.4, -0.2) is 41.8 Å². The first-order valence-corrected chi connectivity index (χ1v) is 8.70. The number of nitrogens with zero attached hydrogens (tertiary/aromatic N) is 1. The maximum absolute atomic E-state index is 12.2. The fraction of sp³-hybridized carbons (Fsp3) is 0.235. The van der Waals surface area contributed by atoms with Gasteiger partial charge in [0, 0.05) is 22.0 Å². The highest BCUT2D eigenvalue weighted by Gasteiger charge is 2.37. The minimum Gasteiger partial charge on any atom is -0.485 e. The second-order valence-electron chi connectivity index (χ2n) is 5.77. The molecule has 1 aromatic heterocycles. The van der Waals surface area contributed by atoms with Gasteiger partial charge in [0.1, 0.15) is 23.3 Å². The zero-order valence-electron chi connectivity index (χ0n) is 13.8. The molecule has 1 fully saturated rings. The average Bonchev–Trinajstić information content (AvgIpc) is 3.21. The number of carbonyl (C=O) groups excluding carboxylic acids is 1. The van der Waals surface area contributed by atoms with Crippen LogP contribution in [0.2, 0.25) is 0 Å². The van der Waals surface area contributed by atoms with Gasteiger partial charge in [-0.3, -0.25) is 10.3 Å². The third-order valence-electron chi connectivity index (χ3n) is 4.02. The monoisotopic (exact) mass is 375 g/mol. The Morgan fingerprint density at radius 2 is 2.12 bits per heavy atom. The van der Waals surface area contributed by atoms with Crippen molar-refractivity contribution in [2.24, 2.45) is 5.73 Å². The number of nitrogen functional groups attached to an aromatic ring is 1. The number of carbonyl (C=O) groups is 2. The number of aromatic carboxylic acids is 1. The highest BCUT2D eigenvalue weighted by molar-refractivity contribution is 7.08. The van der Waals surface area contributed by atoms with Gasteiger partial charge < -0.3 is 20.3 Å². The zero-order valence-corrected chi connectivity index (χ0v) is 14.7. The van der Waals surface area contributed by atoms with Crippen LogP contribution >= 0.6 is 11.3 Å². The molecule has 3 rings (SSSR count). The summed E-state index contributed by atoms with van der Waals surface area (Å²) in [6.45, 7) is 2.00. The number of nitrogens with two attached hydrogens (primary N) is 1. The molecule has 1 aliphatic heterocycles. The van der Waals surface area contributed by atoms with E-state index in [4.69, 9.17) is 25.7 Å². The van der Waals surface area contributed by atoms with Crippen LogP contribution in [0.4, 0.5) is 10.5 Å². The molecule has 9 heteroatoms. The highest BCUT2D eigenvalue weighted by atomic mass is 32.1. The van der Waals surface area contributed by atoms with Gasteiger partial charge in [0.05, 0.1) is 6.54 Å². The number of benzene rings is 1. The zero-order chi connectivity index (χ0) is 18.8. The molecule has 1 saturated heterocycles. The summed E-state index contributed by atoms with van der Waals surface area (Å²) in [5.41, 5.74) is 6.70. The quantitative estimate of drug-likeness (QED) is 0.526. The summed E-state index contributed by atoms with van der Waals surface area (Å²) in [5, 5.41) is 19.6. The Morgan fingerprint density at radius 1 is 1.42 bits per heavy atom. The second kappa shape index (κ2) is 7.04. The van der Waals surface area contributed by atoms with Crippen molar-refractivity contribution < 1.29 is 24.2 Å². The molecule has 2 atom stereocenters. The van der Waals surface area contributed by atoms with Crippen molar-refractivity contribution in [3.05, 3.63) is 46.2 Å². The van der Waals surface area contributed by atoms with Gasteiger partial charge in [-0.2, -0.15) is 0 Å². The van der Waals surface area contributed by atoms with Crippen LogP contribution in [0, 0.1) is 5.41 Å². The molecule has 0 aliphatic carbocycles. The Balaban J connectivity index is 1.69. The second-order valence-corrected chi connectivity index (χ2v) is 6.51. The largest absolute Gasteiger partial charge is 0.485 e. The van der Waals surface area contributed by atoms with E-state index in [2.05, 4.69) is 0 Å². The number of amides is 1. The molecule has 26 heavy (non-hydrogen) atoms. The summed E-state index contributed by atoms with van der Waals surface area (Å²) in [6, 6.07) is 6.69. The van der Waals surface area contributed by atoms with Crippen molar-refractivity contribution in [3.8, 4) is 5.75 Å². The third-order valence-corrected chi connectivity index (χ3v) is 4.74. The Labute approximate surface area is 153 Å². The molecule has 4 N–H and O–H groups in total. The molecule has 0 bridgehead atoms. The van der Waals surface area contributed by atoms with E-state index in [-0.39, 0.29) is 23.7 Å². The SMILES string of the molecule is CC(Oc1cscc1C(=O)O)C1CN(c2ccc(C(=N)N)cc2)C(=O)O1. The molecule has 1 aromatic carbocycles. The predicted molar refractivity (Wildman–Crippen MR) is 96.4 cm³/mol. The lowest BCUT2D eigenvalue weighted by atomic mass is 10.1. The summed E-state index contributed by atoms with van der Waals surface area (Å²) in [5.74, 6) is -0.857. The molecule has 0 spiro atoms. The lowest BCUT2D eigenvalue weighted by Crippen LogP contribution is -2.33. The van der Waals surface area contributed by atoms with Gasteiger partial charge in [0.15, 0.2) is 6.10 Å². The number of carboxylic acid groups (broad SMARTS) is 1. The Kier molecular flexibility index (Phi) is 4.81. The van der Waals surface area contributed by atoms with E-state index in [9.17, 15) is 9.59 Å². The Bertz CT molecular complexity index is 848. The van der Waals surface area contributed by atoms with E-state index in [0.29, 0.717) is 11.3 Å². The van der Waals surface area contributed by atoms with Gasteiger partial charge in [0.2, 0.25) is 0 Å². The van der Waals surface area contributed by atoms with Gasteiger partial charge in [-0.25, -0.2) is 9.59 Å². The van der Waals surface area contributed by atoms with E-state index in [1.807, 2.05) is 0 Å². The molecule has 8 nitrogen and oxygen atoms in total. The fourth-order valence-corrected chi connectivity index (χ4v) is 3.30. The van der Waals surface area contributed by atoms with Crippen LogP contribution in [0.5, 0.6) is 5.75 Å². The van der Waals surface area contributed by atoms with Gasteiger partial charge >= 0.3 is 12.1 Å². The predicted octanol–water partition coefficient (Wildman–Crippen LogP) is 2.52. The van der Waals surface area contributed by atoms with Crippen molar-refractivity contribution in [3.63, 3.8) is 0 Å². The maximum atomic E-state index is 12.2. The smallest absolute Gasteiger partial charge is 0.414 e. The van der Waals surface area contributed by atoms with Crippen molar-refractivity contribution in [2.75, 3.05) is 11.4 Å². The molecular weight excluding hydrogens is 358 g/mol. The average molecular weight is 375 g/mol. The lowest BCUT2D eigenvalue weighted by Gasteiger charge is -2.19. The lowest BCUT2D eigenvalue weighted by molar-refractivity contribution is 0.0547. The van der Waals surface area contributed by atoms with Crippen LogP contribution in [0.25, 0.3) is 0 Å². The molecule has 136 valence electrons. The highest BCUT2D eigenvalue weighted by Crippen LogP contribution is 2.28. The number of hydrogen-bond acceptors (Lipinski definition) is 6. The van der Waals surface area contributed by atoms with Gasteiger partial charge in [-0.05, 0) is 31.2 Å². The Hall–Kier alpha value is -3.07. The normalized spacial score (nSPS) is 17.7. The van der Waals surface area contributed by atoms with Crippen LogP contribution in [-0.2, 0) is 4.74 Å². The summed E-state index contributed by atoms with van der Waals surface area (Å²) < 4.78 is 11.1. The van der Waals surface area contributed by atoms with Crippen molar-refractivity contribution >= 4 is 34.9 Å². The van der Waals surface area contributed by atoms with E-state index in [0.717, 1.165) is 0 Å². The first-order valence-electron chi connectivity index (χ1n) is 7.75. The molecule has 2 unspecified atom stereocenters. The summed E-state index contributed by atoms with van der Waals surface area (Å²) in [6.07, 6.45) is -1.57. The van der Waals surface area contributed by atoms with Crippen LogP contribution < -0.4 is 15.4 Å². The van der Waals surface area contributed by atoms with Gasteiger partial charge in [-0.15, -0.1) is 11.3 Å². The summed E-state index contributed by atoms with van der Waals surface area (Å²) in [4.78, 5) is 24.8. The molecular formula is C17H17N3O5S. The number of ether oxygens (including phenoxy) is 2. The number of thiophene rings is 1. The molecule has 0 saturated carbocycles. The number of anilines is 1. The van der Waals surface area contributed by atoms with Gasteiger partial charge in [0.25, 0.3) is 0 Å². The fourth-order valence-electron chi connectivity index (χ4n) is 2.57. The molecule has 1 amide bonds. The number of hydrogen-bond donors (Lipinski definition) is 3. The summed E-state index contributed by atoms with van der Waals surface area (Å²) >= 11 is 1.23. The maximum Gasteiger partial charge on any atom is 0.414 e. The van der Waals surface area contributed by atoms with Crippen LogP contribution in [0.1, 0.15) is 22.8 Å². The minimum atomic E-state index is -1.07. The third kappa shape index (κ3) is 3.47. The Morgan fingerprint density at radius 3 is 2.73 bits per heavy atom. The van der Waals surface area contributed by atoms with Crippen LogP contribution in [0.3, 0.4) is 0 Å². The minimum absolute atomic E-state index is 0.0505. The van der Waals surface area contributed by atoms with Gasteiger partial charge in [-0.1, -0.05) is 0 Å². The number of rotatable bonds is 6. The van der Waals surface area contributed by atoms with E-state index in [1.165, 1.54) is 21.6 Å². The van der Waals surface area contributed by atoms with Crippen LogP contribution in [0.15, 0.2) is 35.0 Å².